The molecule has 0 aromatic rings. The average molecular weight is 261 g/mol. The number of nitrogens with one attached hydrogen (secondary N) is 1. The van der Waals surface area contributed by atoms with Gasteiger partial charge in [-0.15, -0.1) is 0 Å². The van der Waals surface area contributed by atoms with Gasteiger partial charge in [0.1, 0.15) is 11.8 Å². The van der Waals surface area contributed by atoms with E-state index in [0.717, 1.165) is 6.08 Å². The average Bonchev–Trinajstić information content (AvgIpc) is 2.51. The van der Waals surface area contributed by atoms with Crippen LogP contribution in [0.15, 0.2) is 11.8 Å². The van der Waals surface area contributed by atoms with Crippen molar-refractivity contribution < 1.29 is 27.5 Å². The van der Waals surface area contributed by atoms with E-state index >= 15 is 0 Å². The van der Waals surface area contributed by atoms with Crippen molar-refractivity contribution in [3.05, 3.63) is 11.8 Å². The van der Waals surface area contributed by atoms with Crippen LogP contribution in [0.4, 0.5) is 0 Å². The molecule has 7 nitrogen and oxygen atoms in total. The van der Waals surface area contributed by atoms with Crippen LogP contribution < -0.4 is 5.32 Å². The highest BCUT2D eigenvalue weighted by Gasteiger charge is 2.44. The molecule has 2 aliphatic heterocycles. The molecule has 2 atom stereocenters. The van der Waals surface area contributed by atoms with E-state index < -0.39 is 33.9 Å². The van der Waals surface area contributed by atoms with Crippen molar-refractivity contribution in [2.24, 2.45) is 0 Å². The van der Waals surface area contributed by atoms with E-state index in [1.54, 1.807) is 0 Å². The van der Waals surface area contributed by atoms with Gasteiger partial charge in [0.2, 0.25) is 0 Å². The molecule has 0 aromatic carbocycles. The van der Waals surface area contributed by atoms with E-state index in [1.165, 1.54) is 7.11 Å². The number of esters is 2. The number of carbonyl (C=O) groups is 2. The predicted octanol–water partition coefficient (Wildman–Crippen LogP) is -1.64. The Labute approximate surface area is 97.7 Å². The minimum Gasteiger partial charge on any atom is -0.466 e. The molecule has 94 valence electrons. The van der Waals surface area contributed by atoms with Crippen LogP contribution in [0.1, 0.15) is 0 Å². The van der Waals surface area contributed by atoms with Crippen LogP contribution in [0, 0.1) is 0 Å². The second kappa shape index (κ2) is 4.02. The van der Waals surface area contributed by atoms with Crippen molar-refractivity contribution in [2.75, 3.05) is 18.6 Å². The molecular weight excluding hydrogens is 250 g/mol. The Morgan fingerprint density at radius 3 is 2.88 bits per heavy atom. The third-order valence-corrected chi connectivity index (χ3v) is 4.29. The number of ether oxygens (including phenoxy) is 2. The number of hydrogen-bond donors (Lipinski definition) is 1. The van der Waals surface area contributed by atoms with Gasteiger partial charge < -0.3 is 14.8 Å². The van der Waals surface area contributed by atoms with Crippen LogP contribution in [0.2, 0.25) is 0 Å². The van der Waals surface area contributed by atoms with Gasteiger partial charge in [0.05, 0.1) is 30.7 Å². The molecule has 0 amide bonds. The van der Waals surface area contributed by atoms with Gasteiger partial charge in [-0.2, -0.15) is 0 Å². The second-order valence-corrected chi connectivity index (χ2v) is 6.01. The summed E-state index contributed by atoms with van der Waals surface area (Å²) in [5.74, 6) is -1.73. The third kappa shape index (κ3) is 2.41. The van der Waals surface area contributed by atoms with E-state index in [-0.39, 0.29) is 17.2 Å². The van der Waals surface area contributed by atoms with Crippen molar-refractivity contribution in [3.63, 3.8) is 0 Å². The second-order valence-electron chi connectivity index (χ2n) is 3.85. The van der Waals surface area contributed by atoms with Crippen LogP contribution in [0.3, 0.4) is 0 Å². The van der Waals surface area contributed by atoms with Crippen LogP contribution in [-0.2, 0) is 28.9 Å². The fraction of sp³-hybridized carbons (Fsp3) is 0.556. The molecule has 17 heavy (non-hydrogen) atoms. The molecule has 0 saturated carbocycles. The molecule has 0 aliphatic carbocycles. The molecule has 0 aromatic heterocycles. The van der Waals surface area contributed by atoms with E-state index in [0.29, 0.717) is 0 Å². The maximum absolute atomic E-state index is 11.4. The Balaban J connectivity index is 2.18. The summed E-state index contributed by atoms with van der Waals surface area (Å²) >= 11 is 0. The van der Waals surface area contributed by atoms with Crippen LogP contribution in [0.5, 0.6) is 0 Å². The summed E-state index contributed by atoms with van der Waals surface area (Å²) in [7, 11) is -2.02. The Morgan fingerprint density at radius 2 is 2.24 bits per heavy atom. The fourth-order valence-corrected chi connectivity index (χ4v) is 3.59. The standard InChI is InChI=1S/C9H11NO6S/c1-15-8(11)2-5-9(12)16-7-4-17(13,14)3-6(7)10-5/h2,6-7,10H,3-4H2,1H3/b5-2-. The van der Waals surface area contributed by atoms with E-state index in [4.69, 9.17) is 4.74 Å². The summed E-state index contributed by atoms with van der Waals surface area (Å²) in [6.07, 6.45) is 0.269. The Morgan fingerprint density at radius 1 is 1.53 bits per heavy atom. The lowest BCUT2D eigenvalue weighted by Gasteiger charge is -2.27. The normalized spacial score (nSPS) is 32.5. The SMILES string of the molecule is COC(=O)/C=C1\NC2CS(=O)(=O)CC2OC1=O. The lowest BCUT2D eigenvalue weighted by Crippen LogP contribution is -2.48. The molecule has 2 rings (SSSR count). The van der Waals surface area contributed by atoms with Crippen molar-refractivity contribution >= 4 is 21.8 Å². The fourth-order valence-electron chi connectivity index (χ4n) is 1.80. The summed E-state index contributed by atoms with van der Waals surface area (Å²) in [6.45, 7) is 0. The Hall–Kier alpha value is -1.57. The van der Waals surface area contributed by atoms with Crippen molar-refractivity contribution in [1.29, 1.82) is 0 Å². The molecule has 8 heteroatoms. The maximum Gasteiger partial charge on any atom is 0.355 e. The Bertz CT molecular complexity index is 494. The van der Waals surface area contributed by atoms with E-state index in [2.05, 4.69) is 10.1 Å². The van der Waals surface area contributed by atoms with E-state index in [9.17, 15) is 18.0 Å². The van der Waals surface area contributed by atoms with Crippen LogP contribution >= 0.6 is 0 Å². The smallest absolute Gasteiger partial charge is 0.355 e. The minimum absolute atomic E-state index is 0.0739. The Kier molecular flexibility index (Phi) is 2.82. The van der Waals surface area contributed by atoms with Gasteiger partial charge in [0, 0.05) is 0 Å². The summed E-state index contributed by atoms with van der Waals surface area (Å²) in [5.41, 5.74) is -0.0739. The third-order valence-electron chi connectivity index (χ3n) is 2.58. The van der Waals surface area contributed by atoms with Crippen molar-refractivity contribution in [2.45, 2.75) is 12.1 Å². The molecule has 1 N–H and O–H groups in total. The molecule has 0 spiro atoms. The quantitative estimate of drug-likeness (QED) is 0.446. The number of methoxy groups -OCH3 is 1. The van der Waals surface area contributed by atoms with Crippen LogP contribution in [-0.4, -0.2) is 51.1 Å². The maximum atomic E-state index is 11.4. The largest absolute Gasteiger partial charge is 0.466 e. The van der Waals surface area contributed by atoms with Gasteiger partial charge in [-0.25, -0.2) is 18.0 Å². The monoisotopic (exact) mass is 261 g/mol. The molecular formula is C9H11NO6S. The summed E-state index contributed by atoms with van der Waals surface area (Å²) in [5, 5.41) is 2.69. The van der Waals surface area contributed by atoms with Crippen LogP contribution in [0.25, 0.3) is 0 Å². The zero-order valence-electron chi connectivity index (χ0n) is 9.00. The highest BCUT2D eigenvalue weighted by molar-refractivity contribution is 7.91. The molecule has 0 bridgehead atoms. The first kappa shape index (κ1) is 11.9. The molecule has 2 heterocycles. The van der Waals surface area contributed by atoms with Gasteiger partial charge in [-0.1, -0.05) is 0 Å². The minimum atomic E-state index is -3.19. The summed E-state index contributed by atoms with van der Waals surface area (Å²) in [4.78, 5) is 22.4. The lowest BCUT2D eigenvalue weighted by molar-refractivity contribution is -0.148. The molecule has 2 aliphatic rings. The molecule has 0 radical (unpaired) electrons. The van der Waals surface area contributed by atoms with Gasteiger partial charge in [-0.05, 0) is 0 Å². The lowest BCUT2D eigenvalue weighted by atomic mass is 10.1. The molecule has 2 fully saturated rings. The van der Waals surface area contributed by atoms with E-state index in [1.807, 2.05) is 0 Å². The predicted molar refractivity (Wildman–Crippen MR) is 55.6 cm³/mol. The topological polar surface area (TPSA) is 98.8 Å². The number of sulfone groups is 1. The zero-order valence-corrected chi connectivity index (χ0v) is 9.82. The van der Waals surface area contributed by atoms with Gasteiger partial charge >= 0.3 is 11.9 Å². The number of hydrogen-bond acceptors (Lipinski definition) is 7. The number of morpholine rings is 1. The summed E-state index contributed by atoms with van der Waals surface area (Å²) < 4.78 is 32.0. The first-order valence-corrected chi connectivity index (χ1v) is 6.71. The number of carbonyl (C=O) groups excluding carboxylic acids is 2. The molecule has 2 unspecified atom stereocenters. The first-order valence-electron chi connectivity index (χ1n) is 4.89. The van der Waals surface area contributed by atoms with Crippen molar-refractivity contribution in [3.8, 4) is 0 Å². The zero-order chi connectivity index (χ0) is 12.6. The van der Waals surface area contributed by atoms with Gasteiger partial charge in [-0.3, -0.25) is 0 Å². The van der Waals surface area contributed by atoms with Crippen molar-refractivity contribution in [1.82, 2.24) is 5.32 Å². The highest BCUT2D eigenvalue weighted by atomic mass is 32.2. The first-order chi connectivity index (χ1) is 7.91. The molecule has 2 saturated heterocycles. The highest BCUT2D eigenvalue weighted by Crippen LogP contribution is 2.22. The summed E-state index contributed by atoms with van der Waals surface area (Å²) in [6, 6.07) is -0.492. The van der Waals surface area contributed by atoms with Gasteiger partial charge in [0.15, 0.2) is 9.84 Å². The number of rotatable bonds is 1. The van der Waals surface area contributed by atoms with Gasteiger partial charge in [0.25, 0.3) is 0 Å². The number of fused-ring (bicyclic) bond motifs is 1.